The number of anilines is 3. The molecule has 6 nitrogen and oxygen atoms in total. The Hall–Kier alpha value is -3.41. The number of hydrogen-bond donors (Lipinski definition) is 1. The standard InChI is InChI=1S/C23H25N5O/c1-3-27-13-6-14-28(23(29)25-19-9-5-12-24-16-19)22-21(27)11-10-20(26-22)18-8-4-7-17(2)15-18/h4-5,7-12,15-16H,3,6,13-14H2,1-2H3,(H,25,29). The predicted octanol–water partition coefficient (Wildman–Crippen LogP) is 4.72. The third-order valence-corrected chi connectivity index (χ3v) is 5.11. The van der Waals surface area contributed by atoms with Crippen molar-refractivity contribution in [3.05, 3.63) is 66.5 Å². The minimum atomic E-state index is -0.189. The lowest BCUT2D eigenvalue weighted by atomic mass is 10.1. The summed E-state index contributed by atoms with van der Waals surface area (Å²) < 4.78 is 0. The topological polar surface area (TPSA) is 61.4 Å². The maximum atomic E-state index is 13.1. The highest BCUT2D eigenvalue weighted by Gasteiger charge is 2.26. The van der Waals surface area contributed by atoms with Gasteiger partial charge in [-0.05, 0) is 50.6 Å². The first-order valence-electron chi connectivity index (χ1n) is 9.97. The predicted molar refractivity (Wildman–Crippen MR) is 118 cm³/mol. The van der Waals surface area contributed by atoms with Crippen LogP contribution in [0.5, 0.6) is 0 Å². The molecule has 4 rings (SSSR count). The number of aryl methyl sites for hydroxylation is 1. The number of benzene rings is 1. The molecule has 0 saturated carbocycles. The molecule has 0 radical (unpaired) electrons. The smallest absolute Gasteiger partial charge is 0.327 e. The Bertz CT molecular complexity index is 1010. The fraction of sp³-hybridized carbons (Fsp3) is 0.261. The Balaban J connectivity index is 1.74. The van der Waals surface area contributed by atoms with E-state index in [0.717, 1.165) is 36.5 Å². The fourth-order valence-electron chi connectivity index (χ4n) is 3.65. The van der Waals surface area contributed by atoms with E-state index in [1.54, 1.807) is 23.4 Å². The van der Waals surface area contributed by atoms with E-state index >= 15 is 0 Å². The molecule has 0 saturated heterocycles. The molecule has 0 unspecified atom stereocenters. The molecule has 0 atom stereocenters. The maximum Gasteiger partial charge on any atom is 0.327 e. The molecule has 1 aromatic carbocycles. The van der Waals surface area contributed by atoms with Crippen molar-refractivity contribution in [2.24, 2.45) is 0 Å². The number of nitrogens with zero attached hydrogens (tertiary/aromatic N) is 4. The van der Waals surface area contributed by atoms with Gasteiger partial charge in [0.1, 0.15) is 0 Å². The van der Waals surface area contributed by atoms with Gasteiger partial charge in [0.2, 0.25) is 0 Å². The number of fused-ring (bicyclic) bond motifs is 1. The van der Waals surface area contributed by atoms with Crippen LogP contribution < -0.4 is 15.1 Å². The average molecular weight is 387 g/mol. The van der Waals surface area contributed by atoms with E-state index < -0.39 is 0 Å². The van der Waals surface area contributed by atoms with Crippen LogP contribution in [0, 0.1) is 6.92 Å². The molecule has 1 aliphatic heterocycles. The van der Waals surface area contributed by atoms with Gasteiger partial charge in [0, 0.05) is 31.4 Å². The molecule has 1 N–H and O–H groups in total. The van der Waals surface area contributed by atoms with Crippen LogP contribution >= 0.6 is 0 Å². The lowest BCUT2D eigenvalue weighted by Crippen LogP contribution is -2.36. The summed E-state index contributed by atoms with van der Waals surface area (Å²) in [5.74, 6) is 0.699. The molecule has 0 spiro atoms. The van der Waals surface area contributed by atoms with Crippen LogP contribution in [0.3, 0.4) is 0 Å². The van der Waals surface area contributed by atoms with Crippen LogP contribution in [-0.2, 0) is 0 Å². The van der Waals surface area contributed by atoms with Crippen LogP contribution in [-0.4, -0.2) is 35.6 Å². The lowest BCUT2D eigenvalue weighted by molar-refractivity contribution is 0.257. The van der Waals surface area contributed by atoms with Gasteiger partial charge in [-0.1, -0.05) is 23.8 Å². The molecule has 0 aliphatic carbocycles. The molecule has 0 fully saturated rings. The minimum Gasteiger partial charge on any atom is -0.369 e. The van der Waals surface area contributed by atoms with E-state index in [-0.39, 0.29) is 6.03 Å². The van der Waals surface area contributed by atoms with Crippen LogP contribution in [0.2, 0.25) is 0 Å². The van der Waals surface area contributed by atoms with E-state index in [9.17, 15) is 4.79 Å². The molecular formula is C23H25N5O. The Morgan fingerprint density at radius 1 is 1.14 bits per heavy atom. The maximum absolute atomic E-state index is 13.1. The normalized spacial score (nSPS) is 13.6. The molecule has 2 amide bonds. The Labute approximate surface area is 171 Å². The summed E-state index contributed by atoms with van der Waals surface area (Å²) in [6.45, 7) is 6.57. The first-order valence-corrected chi connectivity index (χ1v) is 9.97. The number of amides is 2. The highest BCUT2D eigenvalue weighted by Crippen LogP contribution is 2.33. The van der Waals surface area contributed by atoms with E-state index in [1.807, 2.05) is 18.2 Å². The van der Waals surface area contributed by atoms with E-state index in [2.05, 4.69) is 53.3 Å². The number of pyridine rings is 2. The van der Waals surface area contributed by atoms with Crippen molar-refractivity contribution in [2.45, 2.75) is 20.3 Å². The SMILES string of the molecule is CCN1CCCN(C(=O)Nc2cccnc2)c2nc(-c3cccc(C)c3)ccc21. The van der Waals surface area contributed by atoms with E-state index in [4.69, 9.17) is 4.98 Å². The monoisotopic (exact) mass is 387 g/mol. The van der Waals surface area contributed by atoms with Crippen molar-refractivity contribution in [3.63, 3.8) is 0 Å². The molecule has 6 heteroatoms. The summed E-state index contributed by atoms with van der Waals surface area (Å²) in [4.78, 5) is 26.1. The molecule has 148 valence electrons. The van der Waals surface area contributed by atoms with Crippen LogP contribution in [0.4, 0.5) is 22.0 Å². The second-order valence-corrected chi connectivity index (χ2v) is 7.17. The van der Waals surface area contributed by atoms with Gasteiger partial charge in [0.25, 0.3) is 0 Å². The second kappa shape index (κ2) is 8.31. The molecular weight excluding hydrogens is 362 g/mol. The zero-order valence-corrected chi connectivity index (χ0v) is 16.8. The van der Waals surface area contributed by atoms with Crippen molar-refractivity contribution >= 4 is 23.2 Å². The van der Waals surface area contributed by atoms with Crippen molar-refractivity contribution in [1.82, 2.24) is 9.97 Å². The van der Waals surface area contributed by atoms with Gasteiger partial charge in [-0.15, -0.1) is 0 Å². The van der Waals surface area contributed by atoms with Gasteiger partial charge in [-0.3, -0.25) is 9.88 Å². The number of nitrogens with one attached hydrogen (secondary N) is 1. The van der Waals surface area contributed by atoms with E-state index in [1.165, 1.54) is 5.56 Å². The summed E-state index contributed by atoms with van der Waals surface area (Å²) in [5, 5.41) is 2.95. The summed E-state index contributed by atoms with van der Waals surface area (Å²) in [5.41, 5.74) is 4.76. The first-order chi connectivity index (χ1) is 14.2. The summed E-state index contributed by atoms with van der Waals surface area (Å²) >= 11 is 0. The van der Waals surface area contributed by atoms with Gasteiger partial charge in [0.15, 0.2) is 5.82 Å². The number of rotatable bonds is 3. The van der Waals surface area contributed by atoms with Gasteiger partial charge >= 0.3 is 6.03 Å². The highest BCUT2D eigenvalue weighted by atomic mass is 16.2. The summed E-state index contributed by atoms with van der Waals surface area (Å²) in [6, 6.07) is 15.8. The molecule has 3 heterocycles. The van der Waals surface area contributed by atoms with Crippen molar-refractivity contribution in [2.75, 3.05) is 34.8 Å². The van der Waals surface area contributed by atoms with Crippen molar-refractivity contribution in [3.8, 4) is 11.3 Å². The number of urea groups is 1. The Morgan fingerprint density at radius 2 is 2.03 bits per heavy atom. The first kappa shape index (κ1) is 18.9. The van der Waals surface area contributed by atoms with E-state index in [0.29, 0.717) is 18.1 Å². The Kier molecular flexibility index (Phi) is 5.42. The zero-order valence-electron chi connectivity index (χ0n) is 16.8. The average Bonchev–Trinajstić information content (AvgIpc) is 2.93. The Morgan fingerprint density at radius 3 is 2.79 bits per heavy atom. The summed E-state index contributed by atoms with van der Waals surface area (Å²) in [7, 11) is 0. The zero-order chi connectivity index (χ0) is 20.2. The molecule has 29 heavy (non-hydrogen) atoms. The largest absolute Gasteiger partial charge is 0.369 e. The quantitative estimate of drug-likeness (QED) is 0.706. The van der Waals surface area contributed by atoms with Crippen molar-refractivity contribution in [1.29, 1.82) is 0 Å². The van der Waals surface area contributed by atoms with Gasteiger partial charge < -0.3 is 10.2 Å². The van der Waals surface area contributed by atoms with Crippen LogP contribution in [0.25, 0.3) is 11.3 Å². The number of carbonyl (C=O) groups is 1. The van der Waals surface area contributed by atoms with Crippen LogP contribution in [0.1, 0.15) is 18.9 Å². The minimum absolute atomic E-state index is 0.189. The van der Waals surface area contributed by atoms with Crippen molar-refractivity contribution < 1.29 is 4.79 Å². The lowest BCUT2D eigenvalue weighted by Gasteiger charge is -2.25. The number of aromatic nitrogens is 2. The third kappa shape index (κ3) is 4.06. The second-order valence-electron chi connectivity index (χ2n) is 7.17. The molecule has 2 aromatic heterocycles. The fourth-order valence-corrected chi connectivity index (χ4v) is 3.65. The van der Waals surface area contributed by atoms with Crippen LogP contribution in [0.15, 0.2) is 60.9 Å². The molecule has 0 bridgehead atoms. The van der Waals surface area contributed by atoms with Gasteiger partial charge in [-0.25, -0.2) is 9.78 Å². The molecule has 1 aliphatic rings. The van der Waals surface area contributed by atoms with Gasteiger partial charge in [-0.2, -0.15) is 0 Å². The summed E-state index contributed by atoms with van der Waals surface area (Å²) in [6.07, 6.45) is 4.21. The number of hydrogen-bond acceptors (Lipinski definition) is 4. The molecule has 3 aromatic rings. The number of carbonyl (C=O) groups excluding carboxylic acids is 1. The third-order valence-electron chi connectivity index (χ3n) is 5.11. The highest BCUT2D eigenvalue weighted by molar-refractivity contribution is 6.03. The van der Waals surface area contributed by atoms with Gasteiger partial charge in [0.05, 0.1) is 23.3 Å².